The number of anilines is 1. The molecule has 1 amide bonds. The van der Waals surface area contributed by atoms with Crippen LogP contribution in [0.5, 0.6) is 5.88 Å². The SMILES string of the molecule is COc1ccnc(C(=O)CC(=O)C(Nc2cccc(C(=O)N(C)C)c2)c2ccc3ccccc3c2)n1. The van der Waals surface area contributed by atoms with Crippen molar-refractivity contribution in [3.05, 3.63) is 95.9 Å². The maximum Gasteiger partial charge on any atom is 0.253 e. The zero-order chi connectivity index (χ0) is 25.7. The number of carbonyl (C=O) groups excluding carboxylic acids is 3. The van der Waals surface area contributed by atoms with Gasteiger partial charge in [-0.1, -0.05) is 42.5 Å². The van der Waals surface area contributed by atoms with Crippen LogP contribution in [0.15, 0.2) is 79.0 Å². The molecule has 0 aliphatic heterocycles. The lowest BCUT2D eigenvalue weighted by atomic mass is 9.96. The molecule has 0 aliphatic carbocycles. The molecule has 0 fully saturated rings. The van der Waals surface area contributed by atoms with E-state index in [0.717, 1.165) is 10.8 Å². The van der Waals surface area contributed by atoms with Gasteiger partial charge in [-0.2, -0.15) is 4.98 Å². The summed E-state index contributed by atoms with van der Waals surface area (Å²) in [6, 6.07) is 21.2. The van der Waals surface area contributed by atoms with Gasteiger partial charge in [0.15, 0.2) is 11.6 Å². The second kappa shape index (κ2) is 10.8. The van der Waals surface area contributed by atoms with Crippen molar-refractivity contribution in [2.75, 3.05) is 26.5 Å². The normalized spacial score (nSPS) is 11.5. The fraction of sp³-hybridized carbons (Fsp3) is 0.179. The summed E-state index contributed by atoms with van der Waals surface area (Å²) in [5, 5.41) is 5.24. The number of Topliss-reactive ketones (excluding diaryl/α,β-unsaturated/α-hetero) is 2. The molecule has 0 saturated carbocycles. The van der Waals surface area contributed by atoms with Crippen molar-refractivity contribution in [1.29, 1.82) is 0 Å². The molecule has 0 bridgehead atoms. The summed E-state index contributed by atoms with van der Waals surface area (Å²) in [5.74, 6) is -0.863. The van der Waals surface area contributed by atoms with Crippen molar-refractivity contribution in [3.63, 3.8) is 0 Å². The summed E-state index contributed by atoms with van der Waals surface area (Å²) >= 11 is 0. The highest BCUT2D eigenvalue weighted by molar-refractivity contribution is 6.08. The van der Waals surface area contributed by atoms with Crippen LogP contribution >= 0.6 is 0 Å². The van der Waals surface area contributed by atoms with Crippen LogP contribution in [0.25, 0.3) is 10.8 Å². The molecule has 0 radical (unpaired) electrons. The molecule has 1 N–H and O–H groups in total. The molecular formula is C28H26N4O4. The monoisotopic (exact) mass is 482 g/mol. The summed E-state index contributed by atoms with van der Waals surface area (Å²) in [5.41, 5.74) is 1.76. The molecule has 36 heavy (non-hydrogen) atoms. The highest BCUT2D eigenvalue weighted by atomic mass is 16.5. The van der Waals surface area contributed by atoms with Crippen LogP contribution in [0, 0.1) is 0 Å². The van der Waals surface area contributed by atoms with E-state index in [1.807, 2.05) is 42.5 Å². The van der Waals surface area contributed by atoms with Crippen molar-refractivity contribution >= 4 is 33.9 Å². The van der Waals surface area contributed by atoms with Crippen LogP contribution in [0.1, 0.15) is 39.0 Å². The minimum atomic E-state index is -0.839. The second-order valence-corrected chi connectivity index (χ2v) is 8.45. The van der Waals surface area contributed by atoms with Gasteiger partial charge in [-0.3, -0.25) is 14.4 Å². The fourth-order valence-corrected chi connectivity index (χ4v) is 3.83. The minimum Gasteiger partial charge on any atom is -0.481 e. The van der Waals surface area contributed by atoms with Gasteiger partial charge in [-0.05, 0) is 40.6 Å². The standard InChI is InChI=1S/C28H26N4O4/c1-32(2)28(35)21-9-6-10-22(16-21)30-26(20-12-11-18-7-4-5-8-19(18)15-20)23(33)17-24(34)27-29-14-13-25(31-27)36-3/h4-16,26,30H,17H2,1-3H3. The lowest BCUT2D eigenvalue weighted by Crippen LogP contribution is -2.25. The van der Waals surface area contributed by atoms with Crippen LogP contribution in [-0.4, -0.2) is 53.5 Å². The third kappa shape index (κ3) is 5.55. The van der Waals surface area contributed by atoms with Crippen LogP contribution in [0.3, 0.4) is 0 Å². The largest absolute Gasteiger partial charge is 0.481 e. The number of amides is 1. The van der Waals surface area contributed by atoms with Gasteiger partial charge in [0.05, 0.1) is 13.5 Å². The molecule has 1 atom stereocenters. The maximum atomic E-state index is 13.5. The average Bonchev–Trinajstić information content (AvgIpc) is 2.91. The quantitative estimate of drug-likeness (QED) is 0.280. The number of aromatic nitrogens is 2. The number of ether oxygens (including phenoxy) is 1. The first-order valence-corrected chi connectivity index (χ1v) is 11.4. The number of nitrogens with zero attached hydrogens (tertiary/aromatic N) is 3. The number of hydrogen-bond donors (Lipinski definition) is 1. The zero-order valence-electron chi connectivity index (χ0n) is 20.3. The van der Waals surface area contributed by atoms with Crippen molar-refractivity contribution in [3.8, 4) is 5.88 Å². The van der Waals surface area contributed by atoms with Gasteiger partial charge in [0.1, 0.15) is 6.04 Å². The van der Waals surface area contributed by atoms with Crippen LogP contribution < -0.4 is 10.1 Å². The molecule has 0 saturated heterocycles. The van der Waals surface area contributed by atoms with Gasteiger partial charge in [-0.15, -0.1) is 0 Å². The Labute approximate surface area is 208 Å². The molecule has 0 aliphatic rings. The lowest BCUT2D eigenvalue weighted by Gasteiger charge is -2.20. The first-order chi connectivity index (χ1) is 17.4. The summed E-state index contributed by atoms with van der Waals surface area (Å²) in [6.07, 6.45) is 1.00. The number of carbonyl (C=O) groups is 3. The Hall–Kier alpha value is -4.59. The van der Waals surface area contributed by atoms with Gasteiger partial charge in [0.2, 0.25) is 11.7 Å². The number of benzene rings is 3. The Bertz CT molecular complexity index is 1430. The molecule has 4 aromatic rings. The van der Waals surface area contributed by atoms with Crippen molar-refractivity contribution in [2.45, 2.75) is 12.5 Å². The van der Waals surface area contributed by atoms with Gasteiger partial charge in [0.25, 0.3) is 5.91 Å². The van der Waals surface area contributed by atoms with Gasteiger partial charge in [0, 0.05) is 37.6 Å². The Balaban J connectivity index is 1.67. The van der Waals surface area contributed by atoms with E-state index in [4.69, 9.17) is 4.74 Å². The predicted molar refractivity (Wildman–Crippen MR) is 137 cm³/mol. The number of nitrogens with one attached hydrogen (secondary N) is 1. The predicted octanol–water partition coefficient (Wildman–Crippen LogP) is 4.34. The second-order valence-electron chi connectivity index (χ2n) is 8.45. The zero-order valence-corrected chi connectivity index (χ0v) is 20.3. The van der Waals surface area contributed by atoms with E-state index in [0.29, 0.717) is 16.8 Å². The topological polar surface area (TPSA) is 101 Å². The van der Waals surface area contributed by atoms with E-state index in [-0.39, 0.29) is 23.4 Å². The highest BCUT2D eigenvalue weighted by Gasteiger charge is 2.25. The number of hydrogen-bond acceptors (Lipinski definition) is 7. The summed E-state index contributed by atoms with van der Waals surface area (Å²) < 4.78 is 5.06. The molecule has 182 valence electrons. The van der Waals surface area contributed by atoms with E-state index in [2.05, 4.69) is 15.3 Å². The van der Waals surface area contributed by atoms with Gasteiger partial charge >= 0.3 is 0 Å². The molecule has 1 aromatic heterocycles. The Morgan fingerprint density at radius 3 is 2.47 bits per heavy atom. The Kier molecular flexibility index (Phi) is 7.34. The smallest absolute Gasteiger partial charge is 0.253 e. The third-order valence-electron chi connectivity index (χ3n) is 5.68. The number of ketones is 2. The molecule has 8 nitrogen and oxygen atoms in total. The highest BCUT2D eigenvalue weighted by Crippen LogP contribution is 2.26. The third-order valence-corrected chi connectivity index (χ3v) is 5.68. The average molecular weight is 483 g/mol. The van der Waals surface area contributed by atoms with E-state index in [9.17, 15) is 14.4 Å². The molecule has 8 heteroatoms. The molecule has 3 aromatic carbocycles. The van der Waals surface area contributed by atoms with Crippen molar-refractivity contribution in [1.82, 2.24) is 14.9 Å². The van der Waals surface area contributed by atoms with Crippen LogP contribution in [0.4, 0.5) is 5.69 Å². The first kappa shape index (κ1) is 24.5. The number of rotatable bonds is 9. The number of methoxy groups -OCH3 is 1. The van der Waals surface area contributed by atoms with E-state index in [1.165, 1.54) is 24.3 Å². The van der Waals surface area contributed by atoms with Crippen molar-refractivity contribution < 1.29 is 19.1 Å². The van der Waals surface area contributed by atoms with Crippen molar-refractivity contribution in [2.24, 2.45) is 0 Å². The summed E-state index contributed by atoms with van der Waals surface area (Å²) in [7, 11) is 4.79. The van der Waals surface area contributed by atoms with Crippen LogP contribution in [-0.2, 0) is 4.79 Å². The van der Waals surface area contributed by atoms with E-state index in [1.54, 1.807) is 38.4 Å². The minimum absolute atomic E-state index is 0.0847. The van der Waals surface area contributed by atoms with Gasteiger partial charge < -0.3 is 15.0 Å². The summed E-state index contributed by atoms with van der Waals surface area (Å²) in [6.45, 7) is 0. The molecule has 0 spiro atoms. The molecule has 1 unspecified atom stereocenters. The van der Waals surface area contributed by atoms with Gasteiger partial charge in [-0.25, -0.2) is 4.98 Å². The van der Waals surface area contributed by atoms with Crippen LogP contribution in [0.2, 0.25) is 0 Å². The van der Waals surface area contributed by atoms with E-state index < -0.39 is 18.2 Å². The maximum absolute atomic E-state index is 13.5. The molecule has 4 rings (SSSR count). The Morgan fingerprint density at radius 1 is 0.944 bits per heavy atom. The fourth-order valence-electron chi connectivity index (χ4n) is 3.83. The number of fused-ring (bicyclic) bond motifs is 1. The first-order valence-electron chi connectivity index (χ1n) is 11.4. The lowest BCUT2D eigenvalue weighted by molar-refractivity contribution is -0.119. The Morgan fingerprint density at radius 2 is 1.72 bits per heavy atom. The molecular weight excluding hydrogens is 456 g/mol. The molecule has 1 heterocycles. The summed E-state index contributed by atoms with van der Waals surface area (Å²) in [4.78, 5) is 48.3. The van der Waals surface area contributed by atoms with E-state index >= 15 is 0 Å².